The maximum absolute atomic E-state index is 13.8. The minimum absolute atomic E-state index is 0.117. The van der Waals surface area contributed by atoms with Gasteiger partial charge >= 0.3 is 0 Å². The molecule has 0 radical (unpaired) electrons. The zero-order valence-electron chi connectivity index (χ0n) is 11.4. The smallest absolute Gasteiger partial charge is 0.187 e. The van der Waals surface area contributed by atoms with E-state index >= 15 is 0 Å². The fourth-order valence-corrected chi connectivity index (χ4v) is 4.76. The molecular weight excluding hydrogens is 284 g/mol. The molecule has 2 rings (SSSR count). The van der Waals surface area contributed by atoms with Gasteiger partial charge in [-0.15, -0.1) is 0 Å². The summed E-state index contributed by atoms with van der Waals surface area (Å²) in [5.74, 6) is -1.68. The van der Waals surface area contributed by atoms with Gasteiger partial charge in [0.2, 0.25) is 0 Å². The van der Waals surface area contributed by atoms with Crippen molar-refractivity contribution < 1.29 is 17.2 Å². The Kier molecular flexibility index (Phi) is 4.32. The zero-order chi connectivity index (χ0) is 14.9. The number of sulfone groups is 1. The van der Waals surface area contributed by atoms with Crippen molar-refractivity contribution in [1.82, 2.24) is 0 Å². The van der Waals surface area contributed by atoms with Gasteiger partial charge in [-0.3, -0.25) is 0 Å². The topological polar surface area (TPSA) is 60.2 Å². The lowest BCUT2D eigenvalue weighted by Crippen LogP contribution is -2.28. The van der Waals surface area contributed by atoms with Crippen molar-refractivity contribution in [2.24, 2.45) is 5.92 Å². The van der Waals surface area contributed by atoms with Crippen LogP contribution in [0.1, 0.15) is 39.0 Å². The lowest BCUT2D eigenvalue weighted by atomic mass is 9.87. The van der Waals surface area contributed by atoms with E-state index in [2.05, 4.69) is 6.92 Å². The van der Waals surface area contributed by atoms with E-state index in [4.69, 9.17) is 5.73 Å². The minimum Gasteiger partial charge on any atom is -0.399 e. The van der Waals surface area contributed by atoms with Crippen LogP contribution in [0, 0.1) is 17.6 Å². The van der Waals surface area contributed by atoms with Crippen molar-refractivity contribution in [1.29, 1.82) is 0 Å². The van der Waals surface area contributed by atoms with Gasteiger partial charge in [0.25, 0.3) is 0 Å². The van der Waals surface area contributed by atoms with E-state index < -0.39 is 31.6 Å². The molecular formula is C14H19F2NO2S. The Labute approximate surface area is 118 Å². The van der Waals surface area contributed by atoms with E-state index in [1.54, 1.807) is 0 Å². The summed E-state index contributed by atoms with van der Waals surface area (Å²) in [5.41, 5.74) is 5.19. The molecule has 0 amide bonds. The van der Waals surface area contributed by atoms with Crippen LogP contribution >= 0.6 is 0 Å². The van der Waals surface area contributed by atoms with Gasteiger partial charge in [-0.2, -0.15) is 0 Å². The summed E-state index contributed by atoms with van der Waals surface area (Å²) in [6, 6.07) is 1.71. The van der Waals surface area contributed by atoms with Crippen LogP contribution in [0.4, 0.5) is 14.5 Å². The molecule has 1 aliphatic carbocycles. The number of halogens is 2. The van der Waals surface area contributed by atoms with Crippen molar-refractivity contribution in [3.63, 3.8) is 0 Å². The second kappa shape index (κ2) is 5.68. The lowest BCUT2D eigenvalue weighted by Gasteiger charge is -2.27. The Morgan fingerprint density at radius 2 is 1.65 bits per heavy atom. The number of benzene rings is 1. The molecule has 3 nitrogen and oxygen atoms in total. The molecule has 1 aromatic rings. The molecule has 6 heteroatoms. The molecule has 1 aliphatic rings. The molecule has 0 unspecified atom stereocenters. The van der Waals surface area contributed by atoms with E-state index in [1.807, 2.05) is 0 Å². The first kappa shape index (κ1) is 15.2. The van der Waals surface area contributed by atoms with Gasteiger partial charge in [-0.25, -0.2) is 17.2 Å². The number of hydrogen-bond acceptors (Lipinski definition) is 3. The average Bonchev–Trinajstić information content (AvgIpc) is 2.37. The average molecular weight is 303 g/mol. The summed E-state index contributed by atoms with van der Waals surface area (Å²) < 4.78 is 52.4. The number of hydrogen-bond donors (Lipinski definition) is 1. The van der Waals surface area contributed by atoms with Crippen molar-refractivity contribution in [3.8, 4) is 0 Å². The van der Waals surface area contributed by atoms with Crippen molar-refractivity contribution >= 4 is 15.5 Å². The first-order valence-electron chi connectivity index (χ1n) is 6.84. The molecule has 1 saturated carbocycles. The maximum atomic E-state index is 13.8. The fourth-order valence-electron chi connectivity index (χ4n) is 2.87. The molecule has 0 spiro atoms. The van der Waals surface area contributed by atoms with Crippen LogP contribution in [-0.4, -0.2) is 13.7 Å². The molecule has 1 fully saturated rings. The second-order valence-electron chi connectivity index (χ2n) is 5.41. The van der Waals surface area contributed by atoms with E-state index in [1.165, 1.54) is 0 Å². The van der Waals surface area contributed by atoms with Crippen LogP contribution in [0.15, 0.2) is 17.0 Å². The first-order valence-corrected chi connectivity index (χ1v) is 8.39. The van der Waals surface area contributed by atoms with Gasteiger partial charge < -0.3 is 5.73 Å². The molecule has 0 aromatic heterocycles. The fraction of sp³-hybridized carbons (Fsp3) is 0.571. The van der Waals surface area contributed by atoms with E-state index in [-0.39, 0.29) is 5.69 Å². The molecule has 0 heterocycles. The normalized spacial score (nSPS) is 23.8. The van der Waals surface area contributed by atoms with Crippen molar-refractivity contribution in [2.75, 3.05) is 5.73 Å². The van der Waals surface area contributed by atoms with Crippen molar-refractivity contribution in [2.45, 2.75) is 49.2 Å². The molecule has 112 valence electrons. The first-order chi connectivity index (χ1) is 9.36. The third-order valence-corrected chi connectivity index (χ3v) is 6.42. The Hall–Kier alpha value is -1.17. The Bertz CT molecular complexity index is 570. The highest BCUT2D eigenvalue weighted by Gasteiger charge is 2.35. The lowest BCUT2D eigenvalue weighted by molar-refractivity contribution is 0.347. The summed E-state index contributed by atoms with van der Waals surface area (Å²) in [7, 11) is -3.98. The number of nitrogens with two attached hydrogens (primary N) is 1. The number of anilines is 1. The highest BCUT2D eigenvalue weighted by molar-refractivity contribution is 7.92. The predicted molar refractivity (Wildman–Crippen MR) is 74.0 cm³/mol. The largest absolute Gasteiger partial charge is 0.399 e. The van der Waals surface area contributed by atoms with Crippen molar-refractivity contribution in [3.05, 3.63) is 23.8 Å². The second-order valence-corrected chi connectivity index (χ2v) is 7.57. The highest BCUT2D eigenvalue weighted by atomic mass is 32.2. The monoisotopic (exact) mass is 303 g/mol. The van der Waals surface area contributed by atoms with Crippen LogP contribution in [-0.2, 0) is 9.84 Å². The molecule has 20 heavy (non-hydrogen) atoms. The number of nitrogen functional groups attached to an aromatic ring is 1. The van der Waals surface area contributed by atoms with Gasteiger partial charge in [0.05, 0.1) is 5.25 Å². The molecule has 1 aromatic carbocycles. The standard InChI is InChI=1S/C14H19F2NO2S/c1-2-9-3-5-11(6-4-9)20(18,19)14-12(15)7-10(17)8-13(14)16/h7-9,11H,2-6,17H2,1H3. The maximum Gasteiger partial charge on any atom is 0.187 e. The van der Waals surface area contributed by atoms with E-state index in [0.717, 1.165) is 31.4 Å². The van der Waals surface area contributed by atoms with Crippen LogP contribution in [0.25, 0.3) is 0 Å². The van der Waals surface area contributed by atoms with Crippen LogP contribution in [0.3, 0.4) is 0 Å². The quantitative estimate of drug-likeness (QED) is 0.872. The Balaban J connectivity index is 2.32. The zero-order valence-corrected chi connectivity index (χ0v) is 12.2. The van der Waals surface area contributed by atoms with Crippen LogP contribution < -0.4 is 5.73 Å². The van der Waals surface area contributed by atoms with Gasteiger partial charge in [0, 0.05) is 5.69 Å². The molecule has 0 atom stereocenters. The molecule has 2 N–H and O–H groups in total. The van der Waals surface area contributed by atoms with Gasteiger partial charge in [0.1, 0.15) is 16.5 Å². The summed E-state index contributed by atoms with van der Waals surface area (Å²) in [4.78, 5) is -0.827. The Morgan fingerprint density at radius 1 is 1.15 bits per heavy atom. The summed E-state index contributed by atoms with van der Waals surface area (Å²) in [5, 5.41) is -0.696. The minimum atomic E-state index is -3.98. The Morgan fingerprint density at radius 3 is 2.10 bits per heavy atom. The van der Waals surface area contributed by atoms with Crippen LogP contribution in [0.2, 0.25) is 0 Å². The highest BCUT2D eigenvalue weighted by Crippen LogP contribution is 2.35. The van der Waals surface area contributed by atoms with E-state index in [0.29, 0.717) is 18.8 Å². The third kappa shape index (κ3) is 2.80. The summed E-state index contributed by atoms with van der Waals surface area (Å²) in [6.45, 7) is 2.07. The van der Waals surface area contributed by atoms with Gasteiger partial charge in [0.15, 0.2) is 9.84 Å². The van der Waals surface area contributed by atoms with Gasteiger partial charge in [-0.1, -0.05) is 13.3 Å². The van der Waals surface area contributed by atoms with Gasteiger partial charge in [-0.05, 0) is 43.7 Å². The SMILES string of the molecule is CCC1CCC(S(=O)(=O)c2c(F)cc(N)cc2F)CC1. The third-order valence-electron chi connectivity index (χ3n) is 4.12. The summed E-state index contributed by atoms with van der Waals surface area (Å²) in [6.07, 6.45) is 3.52. The van der Waals surface area contributed by atoms with E-state index in [9.17, 15) is 17.2 Å². The summed E-state index contributed by atoms with van der Waals surface area (Å²) >= 11 is 0. The number of rotatable bonds is 3. The predicted octanol–water partition coefficient (Wildman–Crippen LogP) is 3.29. The molecule has 0 saturated heterocycles. The van der Waals surface area contributed by atoms with Crippen LogP contribution in [0.5, 0.6) is 0 Å². The molecule has 0 aliphatic heterocycles. The molecule has 0 bridgehead atoms.